The SMILES string of the molecule is C[C@@H]1[C@@](C)(C(=O)N(C)C)SC(N)=N[C@]1(C)c1cc(NC(=O)c2cnc(OCC(F)(F)C(F)F)cn2)cc(F)c1F. The van der Waals surface area contributed by atoms with Crippen molar-refractivity contribution >= 4 is 34.4 Å². The molecule has 40 heavy (non-hydrogen) atoms. The van der Waals surface area contributed by atoms with E-state index in [-0.39, 0.29) is 28.0 Å². The number of ether oxygens (including phenoxy) is 1. The summed E-state index contributed by atoms with van der Waals surface area (Å²) < 4.78 is 83.8. The molecule has 0 unspecified atom stereocenters. The minimum Gasteiger partial charge on any atom is -0.470 e. The van der Waals surface area contributed by atoms with Gasteiger partial charge in [-0.3, -0.25) is 14.6 Å². The van der Waals surface area contributed by atoms with Gasteiger partial charge in [-0.15, -0.1) is 0 Å². The molecule has 1 aromatic carbocycles. The normalized spacial score (nSPS) is 23.0. The summed E-state index contributed by atoms with van der Waals surface area (Å²) in [6, 6.07) is 1.87. The zero-order chi connectivity index (χ0) is 30.2. The van der Waals surface area contributed by atoms with Gasteiger partial charge in [0, 0.05) is 37.3 Å². The topological polar surface area (TPSA) is 123 Å². The molecule has 3 N–H and O–H groups in total. The van der Waals surface area contributed by atoms with Gasteiger partial charge in [-0.25, -0.2) is 27.5 Å². The van der Waals surface area contributed by atoms with Crippen molar-refractivity contribution in [3.8, 4) is 5.88 Å². The molecular formula is C24H26F6N6O3S. The largest absolute Gasteiger partial charge is 0.470 e. The van der Waals surface area contributed by atoms with Crippen LogP contribution in [0.2, 0.25) is 0 Å². The Morgan fingerprint density at radius 1 is 1.20 bits per heavy atom. The number of amidine groups is 1. The molecule has 16 heteroatoms. The lowest BCUT2D eigenvalue weighted by molar-refractivity contribution is -0.148. The highest BCUT2D eigenvalue weighted by molar-refractivity contribution is 8.15. The van der Waals surface area contributed by atoms with Crippen molar-refractivity contribution in [2.24, 2.45) is 16.6 Å². The summed E-state index contributed by atoms with van der Waals surface area (Å²) in [7, 11) is 3.10. The molecule has 1 aromatic heterocycles. The van der Waals surface area contributed by atoms with Crippen LogP contribution in [0.3, 0.4) is 0 Å². The van der Waals surface area contributed by atoms with Crippen molar-refractivity contribution in [3.63, 3.8) is 0 Å². The van der Waals surface area contributed by atoms with Crippen molar-refractivity contribution in [3.05, 3.63) is 47.4 Å². The number of alkyl halides is 4. The van der Waals surface area contributed by atoms with E-state index in [1.807, 2.05) is 0 Å². The molecule has 2 amide bonds. The summed E-state index contributed by atoms with van der Waals surface area (Å²) in [6.07, 6.45) is -2.37. The van der Waals surface area contributed by atoms with Crippen LogP contribution < -0.4 is 15.8 Å². The fourth-order valence-electron chi connectivity index (χ4n) is 4.12. The van der Waals surface area contributed by atoms with Crippen molar-refractivity contribution in [1.82, 2.24) is 14.9 Å². The number of aliphatic imine (C=N–C) groups is 1. The van der Waals surface area contributed by atoms with Gasteiger partial charge in [0.2, 0.25) is 11.8 Å². The highest BCUT2D eigenvalue weighted by Gasteiger charge is 2.54. The van der Waals surface area contributed by atoms with Gasteiger partial charge in [-0.1, -0.05) is 18.7 Å². The maximum atomic E-state index is 15.2. The Kier molecular flexibility index (Phi) is 8.62. The van der Waals surface area contributed by atoms with Crippen molar-refractivity contribution < 1.29 is 40.7 Å². The lowest BCUT2D eigenvalue weighted by Gasteiger charge is -2.47. The number of thioether (sulfide) groups is 1. The first-order valence-corrected chi connectivity index (χ1v) is 12.4. The second-order valence-electron chi connectivity index (χ2n) is 9.59. The Bertz CT molecular complexity index is 1330. The first-order chi connectivity index (χ1) is 18.4. The van der Waals surface area contributed by atoms with Gasteiger partial charge < -0.3 is 20.7 Å². The van der Waals surface area contributed by atoms with Crippen LogP contribution in [-0.2, 0) is 10.3 Å². The van der Waals surface area contributed by atoms with Crippen LogP contribution in [-0.4, -0.2) is 69.6 Å². The van der Waals surface area contributed by atoms with Gasteiger partial charge in [0.1, 0.15) is 10.4 Å². The van der Waals surface area contributed by atoms with Gasteiger partial charge in [-0.05, 0) is 19.9 Å². The van der Waals surface area contributed by atoms with Crippen LogP contribution >= 0.6 is 11.8 Å². The monoisotopic (exact) mass is 592 g/mol. The van der Waals surface area contributed by atoms with E-state index in [1.54, 1.807) is 27.9 Å². The van der Waals surface area contributed by atoms with Crippen molar-refractivity contribution in [2.75, 3.05) is 26.0 Å². The molecule has 0 spiro atoms. The number of hydrogen-bond acceptors (Lipinski definition) is 8. The number of halogens is 6. The number of amides is 2. The second kappa shape index (κ2) is 11.1. The smallest absolute Gasteiger partial charge is 0.340 e. The van der Waals surface area contributed by atoms with Gasteiger partial charge >= 0.3 is 12.3 Å². The van der Waals surface area contributed by atoms with E-state index in [2.05, 4.69) is 25.0 Å². The number of carbonyl (C=O) groups excluding carboxylic acids is 2. The minimum absolute atomic E-state index is 0.0172. The summed E-state index contributed by atoms with van der Waals surface area (Å²) in [5.74, 6) is -9.50. The van der Waals surface area contributed by atoms with Gasteiger partial charge in [0.05, 0.1) is 17.9 Å². The molecule has 0 bridgehead atoms. The third-order valence-corrected chi connectivity index (χ3v) is 7.84. The van der Waals surface area contributed by atoms with E-state index in [4.69, 9.17) is 5.73 Å². The van der Waals surface area contributed by atoms with Crippen LogP contribution in [0.15, 0.2) is 29.5 Å². The Morgan fingerprint density at radius 3 is 2.40 bits per heavy atom. The average molecular weight is 593 g/mol. The van der Waals surface area contributed by atoms with E-state index in [0.717, 1.165) is 36.3 Å². The summed E-state index contributed by atoms with van der Waals surface area (Å²) in [5.41, 5.74) is 3.66. The molecule has 2 heterocycles. The second-order valence-corrected chi connectivity index (χ2v) is 11.1. The maximum absolute atomic E-state index is 15.2. The molecule has 0 saturated carbocycles. The number of nitrogens with zero attached hydrogens (tertiary/aromatic N) is 4. The predicted molar refractivity (Wildman–Crippen MR) is 136 cm³/mol. The highest BCUT2D eigenvalue weighted by atomic mass is 32.2. The number of carbonyl (C=O) groups is 2. The van der Waals surface area contributed by atoms with Crippen molar-refractivity contribution in [1.29, 1.82) is 0 Å². The molecular weight excluding hydrogens is 566 g/mol. The molecule has 2 aromatic rings. The molecule has 0 saturated heterocycles. The Hall–Kier alpha value is -3.56. The van der Waals surface area contributed by atoms with Crippen LogP contribution in [0, 0.1) is 17.6 Å². The highest BCUT2D eigenvalue weighted by Crippen LogP contribution is 2.51. The average Bonchev–Trinajstić information content (AvgIpc) is 2.87. The lowest BCUT2D eigenvalue weighted by Crippen LogP contribution is -2.56. The van der Waals surface area contributed by atoms with Crippen LogP contribution in [0.25, 0.3) is 0 Å². The number of nitrogens with one attached hydrogen (secondary N) is 1. The van der Waals surface area contributed by atoms with E-state index < -0.39 is 58.6 Å². The van der Waals surface area contributed by atoms with Gasteiger partial charge in [0.25, 0.3) is 5.91 Å². The zero-order valence-electron chi connectivity index (χ0n) is 21.9. The van der Waals surface area contributed by atoms with Crippen LogP contribution in [0.1, 0.15) is 36.8 Å². The third kappa shape index (κ3) is 5.95. The Morgan fingerprint density at radius 2 is 1.85 bits per heavy atom. The van der Waals surface area contributed by atoms with Crippen LogP contribution in [0.4, 0.5) is 32.0 Å². The molecule has 9 nitrogen and oxygen atoms in total. The van der Waals surface area contributed by atoms with Crippen LogP contribution in [0.5, 0.6) is 5.88 Å². The molecule has 0 fully saturated rings. The molecule has 3 rings (SSSR count). The Balaban J connectivity index is 1.89. The quantitative estimate of drug-likeness (QED) is 0.444. The number of benzene rings is 1. The molecule has 0 radical (unpaired) electrons. The lowest BCUT2D eigenvalue weighted by atomic mass is 9.73. The van der Waals surface area contributed by atoms with E-state index in [1.165, 1.54) is 11.8 Å². The first kappa shape index (κ1) is 31.0. The summed E-state index contributed by atoms with van der Waals surface area (Å²) in [4.78, 5) is 38.7. The number of aromatic nitrogens is 2. The van der Waals surface area contributed by atoms with E-state index >= 15 is 4.39 Å². The van der Waals surface area contributed by atoms with Gasteiger partial charge in [-0.2, -0.15) is 8.78 Å². The molecule has 218 valence electrons. The van der Waals surface area contributed by atoms with E-state index in [9.17, 15) is 31.5 Å². The standard InChI is InChI=1S/C24H26F6N6O3S/c1-11-22(2,35-21(31)40-23(11,3)20(38)36(4)5)13-6-12(7-14(25)17(13)26)34-18(37)15-8-33-16(9-32-15)39-10-24(29,30)19(27)28/h6-9,11,19H,10H2,1-5H3,(H2,31,35)(H,34,37)/t11-,22-,23-/m0/s1. The molecule has 1 aliphatic rings. The van der Waals surface area contributed by atoms with Gasteiger partial charge in [0.15, 0.2) is 23.4 Å². The first-order valence-electron chi connectivity index (χ1n) is 11.6. The van der Waals surface area contributed by atoms with E-state index in [0.29, 0.717) is 0 Å². The summed E-state index contributed by atoms with van der Waals surface area (Å²) >= 11 is 1.01. The predicted octanol–water partition coefficient (Wildman–Crippen LogP) is 4.05. The number of anilines is 1. The summed E-state index contributed by atoms with van der Waals surface area (Å²) in [5, 5.41) is 2.32. The maximum Gasteiger partial charge on any atom is 0.340 e. The Labute approximate surface area is 229 Å². The number of nitrogens with two attached hydrogens (primary N) is 1. The number of hydrogen-bond donors (Lipinski definition) is 2. The molecule has 3 atom stereocenters. The fraction of sp³-hybridized carbons (Fsp3) is 0.458. The summed E-state index contributed by atoms with van der Waals surface area (Å²) in [6.45, 7) is 3.12. The number of rotatable bonds is 8. The zero-order valence-corrected chi connectivity index (χ0v) is 22.8. The third-order valence-electron chi connectivity index (χ3n) is 6.58. The fourth-order valence-corrected chi connectivity index (χ4v) is 5.47. The molecule has 0 aliphatic carbocycles. The van der Waals surface area contributed by atoms with Crippen molar-refractivity contribution in [2.45, 2.75) is 43.4 Å². The minimum atomic E-state index is -4.42. The molecule has 1 aliphatic heterocycles.